The van der Waals surface area contributed by atoms with Crippen LogP contribution in [-0.4, -0.2) is 22.6 Å². The Balaban J connectivity index is 2.11. The van der Waals surface area contributed by atoms with Crippen molar-refractivity contribution in [3.8, 4) is 0 Å². The Morgan fingerprint density at radius 1 is 1.44 bits per heavy atom. The zero-order chi connectivity index (χ0) is 11.5. The molecule has 1 fully saturated rings. The average Bonchev–Trinajstić information content (AvgIpc) is 2.81. The highest BCUT2D eigenvalue weighted by molar-refractivity contribution is 7.99. The number of aromatic carboxylic acids is 1. The molecule has 2 rings (SSSR count). The number of thioether (sulfide) groups is 1. The van der Waals surface area contributed by atoms with Gasteiger partial charge in [0.15, 0.2) is 0 Å². The van der Waals surface area contributed by atoms with Crippen LogP contribution in [0.25, 0.3) is 0 Å². The van der Waals surface area contributed by atoms with Gasteiger partial charge in [0.2, 0.25) is 0 Å². The Morgan fingerprint density at radius 3 is 2.62 bits per heavy atom. The molecule has 2 atom stereocenters. The molecule has 86 valence electrons. The third kappa shape index (κ3) is 2.38. The first kappa shape index (κ1) is 11.5. The van der Waals surface area contributed by atoms with Crippen molar-refractivity contribution in [2.75, 3.05) is 11.5 Å². The van der Waals surface area contributed by atoms with E-state index in [4.69, 9.17) is 5.11 Å². The lowest BCUT2D eigenvalue weighted by atomic mass is 9.96. The molecular formula is C12H13FO2S. The first-order valence-electron chi connectivity index (χ1n) is 5.23. The van der Waals surface area contributed by atoms with Gasteiger partial charge in [-0.25, -0.2) is 9.18 Å². The Kier molecular flexibility index (Phi) is 3.49. The summed E-state index contributed by atoms with van der Waals surface area (Å²) in [5, 5.41) is 8.73. The number of hydrogen-bond donors (Lipinski definition) is 1. The molecule has 0 aromatic heterocycles. The van der Waals surface area contributed by atoms with Gasteiger partial charge >= 0.3 is 5.97 Å². The van der Waals surface area contributed by atoms with Crippen LogP contribution in [0.5, 0.6) is 0 Å². The SMILES string of the molecule is O=C(O)c1ccc(C(F)C2CCSC2)cc1. The summed E-state index contributed by atoms with van der Waals surface area (Å²) in [5.74, 6) is 0.999. The zero-order valence-corrected chi connectivity index (χ0v) is 9.54. The Hall–Kier alpha value is -1.03. The second-order valence-corrected chi connectivity index (χ2v) is 5.10. The quantitative estimate of drug-likeness (QED) is 0.881. The summed E-state index contributed by atoms with van der Waals surface area (Å²) < 4.78 is 14.0. The largest absolute Gasteiger partial charge is 0.478 e. The fraction of sp³-hybridized carbons (Fsp3) is 0.417. The fourth-order valence-corrected chi connectivity index (χ4v) is 3.14. The van der Waals surface area contributed by atoms with E-state index >= 15 is 0 Å². The minimum absolute atomic E-state index is 0.0840. The van der Waals surface area contributed by atoms with Crippen molar-refractivity contribution in [2.45, 2.75) is 12.6 Å². The van der Waals surface area contributed by atoms with Crippen molar-refractivity contribution in [3.63, 3.8) is 0 Å². The summed E-state index contributed by atoms with van der Waals surface area (Å²) in [6.07, 6.45) is -0.0511. The van der Waals surface area contributed by atoms with Crippen LogP contribution in [0, 0.1) is 5.92 Å². The molecule has 0 bridgehead atoms. The standard InChI is InChI=1S/C12H13FO2S/c13-11(10-5-6-16-7-10)8-1-3-9(4-2-8)12(14)15/h1-4,10-11H,5-7H2,(H,14,15). The number of rotatable bonds is 3. The highest BCUT2D eigenvalue weighted by Gasteiger charge is 2.26. The fourth-order valence-electron chi connectivity index (χ4n) is 1.87. The Bertz CT molecular complexity index is 371. The van der Waals surface area contributed by atoms with Gasteiger partial charge in [0.25, 0.3) is 0 Å². The van der Waals surface area contributed by atoms with Crippen LogP contribution in [0.2, 0.25) is 0 Å². The first-order valence-corrected chi connectivity index (χ1v) is 6.39. The van der Waals surface area contributed by atoms with Gasteiger partial charge in [-0.15, -0.1) is 0 Å². The van der Waals surface area contributed by atoms with E-state index in [0.29, 0.717) is 5.56 Å². The van der Waals surface area contributed by atoms with Gasteiger partial charge in [-0.3, -0.25) is 0 Å². The number of alkyl halides is 1. The number of benzene rings is 1. The van der Waals surface area contributed by atoms with E-state index in [1.165, 1.54) is 12.1 Å². The lowest BCUT2D eigenvalue weighted by Crippen LogP contribution is -2.08. The summed E-state index contributed by atoms with van der Waals surface area (Å²) in [5.41, 5.74) is 0.800. The lowest BCUT2D eigenvalue weighted by molar-refractivity contribution is 0.0697. The Morgan fingerprint density at radius 2 is 2.12 bits per heavy atom. The molecule has 0 saturated carbocycles. The van der Waals surface area contributed by atoms with Crippen molar-refractivity contribution in [1.82, 2.24) is 0 Å². The minimum atomic E-state index is -0.974. The van der Waals surface area contributed by atoms with E-state index in [-0.39, 0.29) is 11.5 Å². The van der Waals surface area contributed by atoms with Gasteiger partial charge in [0.1, 0.15) is 6.17 Å². The number of halogens is 1. The van der Waals surface area contributed by atoms with Crippen LogP contribution in [0.15, 0.2) is 24.3 Å². The van der Waals surface area contributed by atoms with Gasteiger partial charge < -0.3 is 5.11 Å². The van der Waals surface area contributed by atoms with Crippen molar-refractivity contribution in [3.05, 3.63) is 35.4 Å². The predicted octanol–water partition coefficient (Wildman–Crippen LogP) is 3.15. The van der Waals surface area contributed by atoms with Crippen molar-refractivity contribution in [1.29, 1.82) is 0 Å². The third-order valence-electron chi connectivity index (χ3n) is 2.85. The number of hydrogen-bond acceptors (Lipinski definition) is 2. The summed E-state index contributed by atoms with van der Waals surface area (Å²) in [6.45, 7) is 0. The van der Waals surface area contributed by atoms with Crippen LogP contribution < -0.4 is 0 Å². The van der Waals surface area contributed by atoms with Crippen LogP contribution in [0.1, 0.15) is 28.5 Å². The predicted molar refractivity (Wildman–Crippen MR) is 62.7 cm³/mol. The smallest absolute Gasteiger partial charge is 0.335 e. The van der Waals surface area contributed by atoms with Crippen LogP contribution in [-0.2, 0) is 0 Å². The molecule has 1 aromatic carbocycles. The molecule has 16 heavy (non-hydrogen) atoms. The maximum Gasteiger partial charge on any atom is 0.335 e. The molecule has 2 nitrogen and oxygen atoms in total. The molecule has 1 saturated heterocycles. The summed E-state index contributed by atoms with van der Waals surface area (Å²) in [4.78, 5) is 10.6. The molecule has 0 spiro atoms. The highest BCUT2D eigenvalue weighted by atomic mass is 32.2. The maximum absolute atomic E-state index is 14.0. The van der Waals surface area contributed by atoms with Gasteiger partial charge in [0, 0.05) is 5.92 Å². The molecule has 1 heterocycles. The molecule has 2 unspecified atom stereocenters. The molecule has 0 amide bonds. The molecule has 1 N–H and O–H groups in total. The number of carbonyl (C=O) groups is 1. The van der Waals surface area contributed by atoms with E-state index in [2.05, 4.69) is 0 Å². The average molecular weight is 240 g/mol. The van der Waals surface area contributed by atoms with Crippen LogP contribution in [0.3, 0.4) is 0 Å². The van der Waals surface area contributed by atoms with Crippen LogP contribution >= 0.6 is 11.8 Å². The molecule has 1 aliphatic rings. The number of carboxylic acid groups (broad SMARTS) is 1. The summed E-state index contributed by atoms with van der Waals surface area (Å²) >= 11 is 1.78. The van der Waals surface area contributed by atoms with Crippen molar-refractivity contribution >= 4 is 17.7 Å². The van der Waals surface area contributed by atoms with Gasteiger partial charge in [-0.2, -0.15) is 11.8 Å². The van der Waals surface area contributed by atoms with E-state index < -0.39 is 12.1 Å². The molecular weight excluding hydrogens is 227 g/mol. The number of carboxylic acids is 1. The van der Waals surface area contributed by atoms with Gasteiger partial charge in [-0.1, -0.05) is 12.1 Å². The van der Waals surface area contributed by atoms with Crippen molar-refractivity contribution in [2.24, 2.45) is 5.92 Å². The Labute approximate surface area is 97.9 Å². The second-order valence-electron chi connectivity index (χ2n) is 3.95. The normalized spacial score (nSPS) is 21.9. The molecule has 0 aliphatic carbocycles. The monoisotopic (exact) mass is 240 g/mol. The molecule has 0 radical (unpaired) electrons. The van der Waals surface area contributed by atoms with E-state index in [9.17, 15) is 9.18 Å². The van der Waals surface area contributed by atoms with Gasteiger partial charge in [-0.05, 0) is 35.6 Å². The van der Waals surface area contributed by atoms with E-state index in [1.807, 2.05) is 0 Å². The van der Waals surface area contributed by atoms with E-state index in [0.717, 1.165) is 17.9 Å². The second kappa shape index (κ2) is 4.87. The molecule has 4 heteroatoms. The maximum atomic E-state index is 14.0. The topological polar surface area (TPSA) is 37.3 Å². The molecule has 1 aromatic rings. The van der Waals surface area contributed by atoms with E-state index in [1.54, 1.807) is 23.9 Å². The lowest BCUT2D eigenvalue weighted by Gasteiger charge is -2.14. The zero-order valence-electron chi connectivity index (χ0n) is 8.73. The minimum Gasteiger partial charge on any atom is -0.478 e. The third-order valence-corrected chi connectivity index (χ3v) is 4.04. The van der Waals surface area contributed by atoms with Gasteiger partial charge in [0.05, 0.1) is 5.56 Å². The molecule has 1 aliphatic heterocycles. The first-order chi connectivity index (χ1) is 7.68. The van der Waals surface area contributed by atoms with Crippen molar-refractivity contribution < 1.29 is 14.3 Å². The summed E-state index contributed by atoms with van der Waals surface area (Å²) in [6, 6.07) is 6.09. The summed E-state index contributed by atoms with van der Waals surface area (Å²) in [7, 11) is 0. The highest BCUT2D eigenvalue weighted by Crippen LogP contribution is 2.36. The van der Waals surface area contributed by atoms with Crippen LogP contribution in [0.4, 0.5) is 4.39 Å².